The molecular weight excluding hydrogens is 264 g/mol. The Kier molecular flexibility index (Phi) is 4.07. The lowest BCUT2D eigenvalue weighted by atomic mass is 10.2. The molecule has 108 valence electrons. The van der Waals surface area contributed by atoms with Gasteiger partial charge in [-0.3, -0.25) is 9.59 Å². The number of likely N-dealkylation sites (N-methyl/N-ethyl adjacent to an activating group) is 1. The maximum absolute atomic E-state index is 12.1. The van der Waals surface area contributed by atoms with Gasteiger partial charge >= 0.3 is 5.97 Å². The molecule has 1 aliphatic heterocycles. The van der Waals surface area contributed by atoms with Crippen molar-refractivity contribution in [3.05, 3.63) is 24.2 Å². The van der Waals surface area contributed by atoms with E-state index in [0.717, 1.165) is 0 Å². The van der Waals surface area contributed by atoms with Crippen LogP contribution in [0.3, 0.4) is 0 Å². The number of carbonyl (C=O) groups excluding carboxylic acids is 2. The van der Waals surface area contributed by atoms with Gasteiger partial charge in [-0.25, -0.2) is 4.79 Å². The first-order valence-electron chi connectivity index (χ1n) is 6.32. The lowest BCUT2D eigenvalue weighted by Gasteiger charge is -2.24. The summed E-state index contributed by atoms with van der Waals surface area (Å²) in [5.74, 6) is -1.63. The van der Waals surface area contributed by atoms with Gasteiger partial charge in [0, 0.05) is 13.6 Å². The molecule has 0 unspecified atom stereocenters. The maximum Gasteiger partial charge on any atom is 0.326 e. The van der Waals surface area contributed by atoms with Crippen LogP contribution in [0.1, 0.15) is 23.4 Å². The lowest BCUT2D eigenvalue weighted by molar-refractivity contribution is -0.148. The fourth-order valence-electron chi connectivity index (χ4n) is 2.28. The number of likely N-dealkylation sites (tertiary alicyclic amines) is 1. The number of hydrogen-bond donors (Lipinski definition) is 1. The summed E-state index contributed by atoms with van der Waals surface area (Å²) >= 11 is 0. The molecule has 0 aliphatic carbocycles. The molecule has 1 aliphatic rings. The zero-order valence-corrected chi connectivity index (χ0v) is 11.1. The molecule has 0 radical (unpaired) electrons. The highest BCUT2D eigenvalue weighted by molar-refractivity contribution is 5.94. The van der Waals surface area contributed by atoms with Crippen LogP contribution in [0.4, 0.5) is 0 Å². The van der Waals surface area contributed by atoms with Crippen molar-refractivity contribution >= 4 is 17.8 Å². The highest BCUT2D eigenvalue weighted by Crippen LogP contribution is 2.18. The summed E-state index contributed by atoms with van der Waals surface area (Å²) in [6, 6.07) is 2.32. The monoisotopic (exact) mass is 280 g/mol. The van der Waals surface area contributed by atoms with Crippen LogP contribution in [0, 0.1) is 0 Å². The molecule has 0 aromatic carbocycles. The number of amides is 2. The van der Waals surface area contributed by atoms with E-state index in [1.807, 2.05) is 0 Å². The number of nitrogens with zero attached hydrogens (tertiary/aromatic N) is 2. The molecule has 7 heteroatoms. The van der Waals surface area contributed by atoms with E-state index in [1.54, 1.807) is 6.07 Å². The van der Waals surface area contributed by atoms with Gasteiger partial charge < -0.3 is 19.3 Å². The van der Waals surface area contributed by atoms with Crippen LogP contribution in [0.15, 0.2) is 22.8 Å². The molecule has 0 saturated carbocycles. The lowest BCUT2D eigenvalue weighted by Crippen LogP contribution is -2.45. The van der Waals surface area contributed by atoms with Crippen molar-refractivity contribution in [3.8, 4) is 0 Å². The molecule has 1 atom stereocenters. The Labute approximate surface area is 115 Å². The molecule has 1 saturated heterocycles. The predicted octanol–water partition coefficient (Wildman–Crippen LogP) is 0.427. The van der Waals surface area contributed by atoms with Gasteiger partial charge in [0.1, 0.15) is 6.04 Å². The number of rotatable bonds is 4. The van der Waals surface area contributed by atoms with Gasteiger partial charge in [0.25, 0.3) is 5.91 Å². The smallest absolute Gasteiger partial charge is 0.326 e. The van der Waals surface area contributed by atoms with Crippen LogP contribution in [0.5, 0.6) is 0 Å². The molecule has 2 amide bonds. The number of carboxylic acid groups (broad SMARTS) is 1. The third-order valence-corrected chi connectivity index (χ3v) is 3.31. The largest absolute Gasteiger partial charge is 0.480 e. The summed E-state index contributed by atoms with van der Waals surface area (Å²) in [6.07, 6.45) is 2.50. The van der Waals surface area contributed by atoms with Crippen molar-refractivity contribution in [3.63, 3.8) is 0 Å². The second-order valence-corrected chi connectivity index (χ2v) is 4.72. The topological polar surface area (TPSA) is 91.1 Å². The minimum atomic E-state index is -1.00. The predicted molar refractivity (Wildman–Crippen MR) is 68.0 cm³/mol. The minimum absolute atomic E-state index is 0.150. The number of carboxylic acids is 1. The van der Waals surface area contributed by atoms with Gasteiger partial charge in [-0.1, -0.05) is 0 Å². The second kappa shape index (κ2) is 5.77. The third-order valence-electron chi connectivity index (χ3n) is 3.31. The Balaban J connectivity index is 1.97. The van der Waals surface area contributed by atoms with Crippen molar-refractivity contribution in [1.82, 2.24) is 9.80 Å². The van der Waals surface area contributed by atoms with E-state index in [2.05, 4.69) is 0 Å². The molecule has 1 N–H and O–H groups in total. The van der Waals surface area contributed by atoms with Gasteiger partial charge in [0.2, 0.25) is 5.91 Å². The van der Waals surface area contributed by atoms with Crippen LogP contribution in [0.25, 0.3) is 0 Å². The fraction of sp³-hybridized carbons (Fsp3) is 0.462. The fourth-order valence-corrected chi connectivity index (χ4v) is 2.28. The van der Waals surface area contributed by atoms with Crippen LogP contribution in [0.2, 0.25) is 0 Å². The summed E-state index contributed by atoms with van der Waals surface area (Å²) in [4.78, 5) is 37.6. The summed E-state index contributed by atoms with van der Waals surface area (Å²) in [7, 11) is 1.48. The quantitative estimate of drug-likeness (QED) is 0.863. The highest BCUT2D eigenvalue weighted by Gasteiger charge is 2.34. The standard InChI is InChI=1S/C13H16N2O5/c1-14(12(17)10-5-3-7-20-10)8-11(16)15-6-2-4-9(15)13(18)19/h3,5,7,9H,2,4,6,8H2,1H3,(H,18,19)/t9-/m0/s1. The highest BCUT2D eigenvalue weighted by atomic mass is 16.4. The zero-order valence-electron chi connectivity index (χ0n) is 11.1. The molecule has 1 aromatic heterocycles. The van der Waals surface area contributed by atoms with Crippen molar-refractivity contribution in [2.24, 2.45) is 0 Å². The maximum atomic E-state index is 12.1. The molecular formula is C13H16N2O5. The first-order chi connectivity index (χ1) is 9.50. The van der Waals surface area contributed by atoms with Gasteiger partial charge in [-0.05, 0) is 25.0 Å². The van der Waals surface area contributed by atoms with E-state index in [0.29, 0.717) is 19.4 Å². The molecule has 0 spiro atoms. The number of aliphatic carboxylic acids is 1. The van der Waals surface area contributed by atoms with E-state index in [9.17, 15) is 14.4 Å². The van der Waals surface area contributed by atoms with Gasteiger partial charge in [0.15, 0.2) is 5.76 Å². The van der Waals surface area contributed by atoms with Gasteiger partial charge in [-0.2, -0.15) is 0 Å². The molecule has 2 heterocycles. The van der Waals surface area contributed by atoms with Crippen LogP contribution < -0.4 is 0 Å². The molecule has 1 fully saturated rings. The summed E-state index contributed by atoms with van der Waals surface area (Å²) in [5, 5.41) is 9.04. The van der Waals surface area contributed by atoms with E-state index in [1.165, 1.54) is 29.2 Å². The van der Waals surface area contributed by atoms with Crippen LogP contribution >= 0.6 is 0 Å². The average Bonchev–Trinajstić information content (AvgIpc) is 3.08. The van der Waals surface area contributed by atoms with Crippen molar-refractivity contribution in [1.29, 1.82) is 0 Å². The van der Waals surface area contributed by atoms with E-state index < -0.39 is 17.9 Å². The van der Waals surface area contributed by atoms with E-state index >= 15 is 0 Å². The SMILES string of the molecule is CN(CC(=O)N1CCC[C@H]1C(=O)O)C(=O)c1ccco1. The molecule has 0 bridgehead atoms. The average molecular weight is 280 g/mol. The zero-order chi connectivity index (χ0) is 14.7. The normalized spacial score (nSPS) is 18.1. The van der Waals surface area contributed by atoms with Gasteiger partial charge in [-0.15, -0.1) is 0 Å². The Hall–Kier alpha value is -2.31. The summed E-state index contributed by atoms with van der Waals surface area (Å²) < 4.78 is 4.97. The first-order valence-corrected chi connectivity index (χ1v) is 6.32. The molecule has 2 rings (SSSR count). The second-order valence-electron chi connectivity index (χ2n) is 4.72. The van der Waals surface area contributed by atoms with E-state index in [4.69, 9.17) is 9.52 Å². The number of hydrogen-bond acceptors (Lipinski definition) is 4. The van der Waals surface area contributed by atoms with Crippen molar-refractivity contribution in [2.45, 2.75) is 18.9 Å². The number of furan rings is 1. The molecule has 7 nitrogen and oxygen atoms in total. The first kappa shape index (κ1) is 14.1. The van der Waals surface area contributed by atoms with Crippen LogP contribution in [-0.4, -0.2) is 58.9 Å². The minimum Gasteiger partial charge on any atom is -0.480 e. The van der Waals surface area contributed by atoms with Gasteiger partial charge in [0.05, 0.1) is 12.8 Å². The molecule has 1 aromatic rings. The summed E-state index contributed by atoms with van der Waals surface area (Å²) in [5.41, 5.74) is 0. The van der Waals surface area contributed by atoms with Crippen molar-refractivity contribution < 1.29 is 23.9 Å². The van der Waals surface area contributed by atoms with Crippen LogP contribution in [-0.2, 0) is 9.59 Å². The number of carbonyl (C=O) groups is 3. The Morgan fingerprint density at radius 2 is 2.25 bits per heavy atom. The van der Waals surface area contributed by atoms with Crippen molar-refractivity contribution in [2.75, 3.05) is 20.1 Å². The Morgan fingerprint density at radius 3 is 2.85 bits per heavy atom. The van der Waals surface area contributed by atoms with E-state index in [-0.39, 0.29) is 18.2 Å². The summed E-state index contributed by atoms with van der Waals surface area (Å²) in [6.45, 7) is 0.252. The molecule has 20 heavy (non-hydrogen) atoms. The Morgan fingerprint density at radius 1 is 1.50 bits per heavy atom. The third kappa shape index (κ3) is 2.81. The Bertz CT molecular complexity index is 511.